The second-order valence-electron chi connectivity index (χ2n) is 5.10. The van der Waals surface area contributed by atoms with Gasteiger partial charge < -0.3 is 15.5 Å². The fourth-order valence-electron chi connectivity index (χ4n) is 2.01. The van der Waals surface area contributed by atoms with Crippen molar-refractivity contribution in [2.75, 3.05) is 6.54 Å². The molecule has 0 fully saturated rings. The summed E-state index contributed by atoms with van der Waals surface area (Å²) in [6, 6.07) is 5.07. The molecule has 0 saturated carbocycles. The van der Waals surface area contributed by atoms with Crippen LogP contribution in [0.4, 0.5) is 0 Å². The Kier molecular flexibility index (Phi) is 5.83. The van der Waals surface area contributed by atoms with E-state index < -0.39 is 0 Å². The lowest BCUT2D eigenvalue weighted by Gasteiger charge is -2.14. The molecule has 0 saturated heterocycles. The van der Waals surface area contributed by atoms with Crippen LogP contribution in [-0.4, -0.2) is 28.8 Å². The molecule has 0 aliphatic rings. The molecule has 0 bridgehead atoms. The van der Waals surface area contributed by atoms with Gasteiger partial charge in [0.25, 0.3) is 5.91 Å². The fourth-order valence-corrected chi connectivity index (χ4v) is 2.01. The molecule has 2 atom stereocenters. The van der Waals surface area contributed by atoms with E-state index in [4.69, 9.17) is 0 Å². The van der Waals surface area contributed by atoms with Crippen LogP contribution in [0, 0.1) is 5.92 Å². The van der Waals surface area contributed by atoms with Gasteiger partial charge in [-0.1, -0.05) is 19.9 Å². The van der Waals surface area contributed by atoms with Crippen LogP contribution >= 0.6 is 0 Å². The zero-order chi connectivity index (χ0) is 14.4. The van der Waals surface area contributed by atoms with Gasteiger partial charge in [-0.15, -0.1) is 0 Å². The van der Waals surface area contributed by atoms with Gasteiger partial charge >= 0.3 is 0 Å². The number of benzene rings is 1. The molecule has 0 radical (unpaired) electrons. The van der Waals surface area contributed by atoms with E-state index in [2.05, 4.69) is 5.32 Å². The number of aliphatic hydroxyl groups excluding tert-OH is 1. The SMILES string of the molecule is CCc1ccc(O)c(C(=O)NCC(C)CC(C)O)c1. The molecule has 1 aromatic carbocycles. The Balaban J connectivity index is 2.63. The first kappa shape index (κ1) is 15.5. The maximum absolute atomic E-state index is 12.0. The molecule has 4 heteroatoms. The molecule has 106 valence electrons. The van der Waals surface area contributed by atoms with Crippen molar-refractivity contribution < 1.29 is 15.0 Å². The molecule has 1 amide bonds. The number of carbonyl (C=O) groups is 1. The first-order chi connectivity index (χ1) is 8.93. The molecule has 0 aliphatic carbocycles. The van der Waals surface area contributed by atoms with E-state index in [1.807, 2.05) is 19.9 Å². The van der Waals surface area contributed by atoms with Crippen LogP contribution in [0.25, 0.3) is 0 Å². The van der Waals surface area contributed by atoms with Gasteiger partial charge in [-0.25, -0.2) is 0 Å². The van der Waals surface area contributed by atoms with Crippen molar-refractivity contribution in [2.45, 2.75) is 39.7 Å². The quantitative estimate of drug-likeness (QED) is 0.737. The molecule has 2 unspecified atom stereocenters. The highest BCUT2D eigenvalue weighted by Crippen LogP contribution is 2.19. The lowest BCUT2D eigenvalue weighted by Crippen LogP contribution is -2.29. The molecule has 0 heterocycles. The van der Waals surface area contributed by atoms with E-state index >= 15 is 0 Å². The van der Waals surface area contributed by atoms with E-state index in [0.29, 0.717) is 18.5 Å². The normalized spacial score (nSPS) is 13.9. The summed E-state index contributed by atoms with van der Waals surface area (Å²) in [5.74, 6) is -0.0800. The van der Waals surface area contributed by atoms with Crippen LogP contribution in [0.3, 0.4) is 0 Å². The number of hydrogen-bond acceptors (Lipinski definition) is 3. The summed E-state index contributed by atoms with van der Waals surface area (Å²) < 4.78 is 0. The average molecular weight is 265 g/mol. The number of aryl methyl sites for hydroxylation is 1. The molecule has 3 N–H and O–H groups in total. The monoisotopic (exact) mass is 265 g/mol. The summed E-state index contributed by atoms with van der Waals surface area (Å²) in [4.78, 5) is 12.0. The Bertz CT molecular complexity index is 429. The second-order valence-corrected chi connectivity index (χ2v) is 5.10. The van der Waals surface area contributed by atoms with Gasteiger partial charge in [-0.05, 0) is 43.4 Å². The maximum atomic E-state index is 12.0. The van der Waals surface area contributed by atoms with E-state index in [9.17, 15) is 15.0 Å². The van der Waals surface area contributed by atoms with Gasteiger partial charge in [0.15, 0.2) is 0 Å². The van der Waals surface area contributed by atoms with Gasteiger partial charge in [0, 0.05) is 6.54 Å². The number of aromatic hydroxyl groups is 1. The highest BCUT2D eigenvalue weighted by Gasteiger charge is 2.13. The Morgan fingerprint density at radius 2 is 2.05 bits per heavy atom. The van der Waals surface area contributed by atoms with Crippen LogP contribution in [0.5, 0.6) is 5.75 Å². The number of aliphatic hydroxyl groups is 1. The molecule has 19 heavy (non-hydrogen) atoms. The van der Waals surface area contributed by atoms with Crippen molar-refractivity contribution in [2.24, 2.45) is 5.92 Å². The van der Waals surface area contributed by atoms with Gasteiger partial charge in [0.05, 0.1) is 11.7 Å². The van der Waals surface area contributed by atoms with Crippen molar-refractivity contribution in [1.82, 2.24) is 5.32 Å². The number of nitrogens with one attached hydrogen (secondary N) is 1. The maximum Gasteiger partial charge on any atom is 0.255 e. The van der Waals surface area contributed by atoms with Crippen LogP contribution in [-0.2, 0) is 6.42 Å². The smallest absolute Gasteiger partial charge is 0.255 e. The number of amides is 1. The number of hydrogen-bond donors (Lipinski definition) is 3. The van der Waals surface area contributed by atoms with Crippen molar-refractivity contribution in [3.05, 3.63) is 29.3 Å². The van der Waals surface area contributed by atoms with Crippen molar-refractivity contribution in [3.8, 4) is 5.75 Å². The molecule has 1 rings (SSSR count). The van der Waals surface area contributed by atoms with Crippen molar-refractivity contribution in [1.29, 1.82) is 0 Å². The van der Waals surface area contributed by atoms with Gasteiger partial charge in [-0.3, -0.25) is 4.79 Å². The Labute approximate surface area is 114 Å². The first-order valence-corrected chi connectivity index (χ1v) is 6.72. The van der Waals surface area contributed by atoms with Crippen LogP contribution in [0.2, 0.25) is 0 Å². The Morgan fingerprint density at radius 3 is 2.63 bits per heavy atom. The average Bonchev–Trinajstić information content (AvgIpc) is 2.35. The summed E-state index contributed by atoms with van der Waals surface area (Å²) in [5.41, 5.74) is 1.32. The molecule has 0 spiro atoms. The topological polar surface area (TPSA) is 69.6 Å². The molecule has 4 nitrogen and oxygen atoms in total. The third kappa shape index (κ3) is 4.91. The largest absolute Gasteiger partial charge is 0.507 e. The Hall–Kier alpha value is -1.55. The Morgan fingerprint density at radius 1 is 1.37 bits per heavy atom. The second kappa shape index (κ2) is 7.14. The summed E-state index contributed by atoms with van der Waals surface area (Å²) in [5, 5.41) is 21.8. The lowest BCUT2D eigenvalue weighted by molar-refractivity contribution is 0.0936. The van der Waals surface area contributed by atoms with Gasteiger partial charge in [-0.2, -0.15) is 0 Å². The fraction of sp³-hybridized carbons (Fsp3) is 0.533. The van der Waals surface area contributed by atoms with Crippen molar-refractivity contribution >= 4 is 5.91 Å². The highest BCUT2D eigenvalue weighted by molar-refractivity contribution is 5.96. The van der Waals surface area contributed by atoms with Crippen LogP contribution in [0.1, 0.15) is 43.1 Å². The van der Waals surface area contributed by atoms with E-state index in [1.54, 1.807) is 19.1 Å². The van der Waals surface area contributed by atoms with E-state index in [-0.39, 0.29) is 23.7 Å². The number of phenolic OH excluding ortho intramolecular Hbond substituents is 1. The summed E-state index contributed by atoms with van der Waals surface area (Å²) in [7, 11) is 0. The minimum Gasteiger partial charge on any atom is -0.507 e. The summed E-state index contributed by atoms with van der Waals surface area (Å²) >= 11 is 0. The zero-order valence-corrected chi connectivity index (χ0v) is 11.8. The molecular formula is C15H23NO3. The van der Waals surface area contributed by atoms with Gasteiger partial charge in [0.2, 0.25) is 0 Å². The summed E-state index contributed by atoms with van der Waals surface area (Å²) in [6.45, 7) is 6.18. The van der Waals surface area contributed by atoms with Crippen molar-refractivity contribution in [3.63, 3.8) is 0 Å². The van der Waals surface area contributed by atoms with E-state index in [0.717, 1.165) is 12.0 Å². The standard InChI is InChI=1S/C15H23NO3/c1-4-12-5-6-14(18)13(8-12)15(19)16-9-10(2)7-11(3)17/h5-6,8,10-11,17-18H,4,7,9H2,1-3H3,(H,16,19). The molecule has 0 aliphatic heterocycles. The highest BCUT2D eigenvalue weighted by atomic mass is 16.3. The van der Waals surface area contributed by atoms with Gasteiger partial charge in [0.1, 0.15) is 5.75 Å². The van der Waals surface area contributed by atoms with Crippen LogP contribution in [0.15, 0.2) is 18.2 Å². The predicted octanol–water partition coefficient (Wildman–Crippen LogP) is 2.09. The number of phenols is 1. The lowest BCUT2D eigenvalue weighted by atomic mass is 10.0. The third-order valence-corrected chi connectivity index (χ3v) is 3.07. The first-order valence-electron chi connectivity index (χ1n) is 6.72. The molecular weight excluding hydrogens is 242 g/mol. The zero-order valence-electron chi connectivity index (χ0n) is 11.8. The molecule has 1 aromatic rings. The van der Waals surface area contributed by atoms with Crippen LogP contribution < -0.4 is 5.32 Å². The number of rotatable bonds is 6. The predicted molar refractivity (Wildman–Crippen MR) is 75.3 cm³/mol. The third-order valence-electron chi connectivity index (χ3n) is 3.07. The van der Waals surface area contributed by atoms with E-state index in [1.165, 1.54) is 0 Å². The summed E-state index contributed by atoms with van der Waals surface area (Å²) in [6.07, 6.45) is 1.09. The minimum absolute atomic E-state index is 0.00196. The molecule has 0 aromatic heterocycles. The minimum atomic E-state index is -0.372. The number of carbonyl (C=O) groups excluding carboxylic acids is 1.